The van der Waals surface area contributed by atoms with Crippen molar-refractivity contribution in [2.24, 2.45) is 17.3 Å². The molecule has 1 amide bonds. The quantitative estimate of drug-likeness (QED) is 0.613. The molecule has 27 heavy (non-hydrogen) atoms. The molecule has 1 aromatic rings. The third kappa shape index (κ3) is 5.61. The summed E-state index contributed by atoms with van der Waals surface area (Å²) < 4.78 is 24.2. The first kappa shape index (κ1) is 20.9. The van der Waals surface area contributed by atoms with Crippen LogP contribution in [0.2, 0.25) is 10.0 Å². The minimum Gasteiger partial charge on any atom is -0.351 e. The number of carbonyl (C=O) groups excluding carboxylic acids is 1. The summed E-state index contributed by atoms with van der Waals surface area (Å²) >= 11 is 12.0. The maximum absolute atomic E-state index is 12.5. The summed E-state index contributed by atoms with van der Waals surface area (Å²) in [6, 6.07) is 4.85. The van der Waals surface area contributed by atoms with E-state index >= 15 is 0 Å². The molecular weight excluding hydrogens is 405 g/mol. The smallest absolute Gasteiger partial charge is 0.252 e. The first-order valence-corrected chi connectivity index (χ1v) is 12.2. The van der Waals surface area contributed by atoms with Crippen LogP contribution in [0.3, 0.4) is 0 Å². The second-order valence-electron chi connectivity index (χ2n) is 8.34. The standard InChI is InChI=1S/C20H27Cl2NO3S/c1-2-7-27(25,26)12-15-10-20(11-15,9-14-3-4-14)13-23-19(24)17-6-5-16(21)8-18(17)22/h5-6,8,14-15H,2-4,7,9-13H2,1H3,(H,23,24)/t15-,20+. The fraction of sp³-hybridized carbons (Fsp3) is 0.650. The molecule has 1 N–H and O–H groups in total. The predicted molar refractivity (Wildman–Crippen MR) is 110 cm³/mol. The van der Waals surface area contributed by atoms with Crippen LogP contribution in [0.5, 0.6) is 0 Å². The first-order chi connectivity index (χ1) is 12.7. The molecule has 0 atom stereocenters. The van der Waals surface area contributed by atoms with Crippen LogP contribution >= 0.6 is 23.2 Å². The lowest BCUT2D eigenvalue weighted by atomic mass is 9.60. The Kier molecular flexibility index (Phi) is 6.44. The van der Waals surface area contributed by atoms with Gasteiger partial charge in [-0.15, -0.1) is 0 Å². The first-order valence-electron chi connectivity index (χ1n) is 9.66. The van der Waals surface area contributed by atoms with Gasteiger partial charge in [-0.25, -0.2) is 8.42 Å². The minimum atomic E-state index is -2.96. The molecule has 0 bridgehead atoms. The van der Waals surface area contributed by atoms with Crippen LogP contribution in [0.25, 0.3) is 0 Å². The monoisotopic (exact) mass is 431 g/mol. The molecule has 0 radical (unpaired) electrons. The van der Waals surface area contributed by atoms with Crippen molar-refractivity contribution in [2.75, 3.05) is 18.1 Å². The molecule has 0 aliphatic heterocycles. The Balaban J connectivity index is 1.59. The predicted octanol–water partition coefficient (Wildman–Crippen LogP) is 4.74. The van der Waals surface area contributed by atoms with Gasteiger partial charge in [-0.1, -0.05) is 43.0 Å². The van der Waals surface area contributed by atoms with Gasteiger partial charge in [0.1, 0.15) is 0 Å². The van der Waals surface area contributed by atoms with Crippen molar-refractivity contribution in [2.45, 2.75) is 45.4 Å². The van der Waals surface area contributed by atoms with Crippen molar-refractivity contribution >= 4 is 38.9 Å². The number of sulfone groups is 1. The second-order valence-corrected chi connectivity index (χ2v) is 11.4. The van der Waals surface area contributed by atoms with Crippen LogP contribution in [0.4, 0.5) is 0 Å². The van der Waals surface area contributed by atoms with E-state index in [1.165, 1.54) is 12.8 Å². The molecule has 2 saturated carbocycles. The third-order valence-electron chi connectivity index (χ3n) is 5.67. The zero-order valence-corrected chi connectivity index (χ0v) is 18.0. The Morgan fingerprint density at radius 2 is 1.93 bits per heavy atom. The molecule has 1 aromatic carbocycles. The Hall–Kier alpha value is -0.780. The molecule has 4 nitrogen and oxygen atoms in total. The van der Waals surface area contributed by atoms with E-state index in [1.807, 2.05) is 6.92 Å². The SMILES string of the molecule is CCCS(=O)(=O)C[C@H]1C[C@](CNC(=O)c2ccc(Cl)cc2Cl)(CC2CC2)C1. The van der Waals surface area contributed by atoms with E-state index in [2.05, 4.69) is 5.32 Å². The van der Waals surface area contributed by atoms with Gasteiger partial charge in [-0.2, -0.15) is 0 Å². The number of amides is 1. The number of carbonyl (C=O) groups is 1. The summed E-state index contributed by atoms with van der Waals surface area (Å²) in [6.45, 7) is 2.47. The van der Waals surface area contributed by atoms with Gasteiger partial charge in [0.05, 0.1) is 16.3 Å². The number of hydrogen-bond acceptors (Lipinski definition) is 3. The van der Waals surface area contributed by atoms with Crippen LogP contribution in [0.15, 0.2) is 18.2 Å². The lowest BCUT2D eigenvalue weighted by Crippen LogP contribution is -2.48. The average Bonchev–Trinajstić information content (AvgIpc) is 3.34. The van der Waals surface area contributed by atoms with Gasteiger partial charge in [0, 0.05) is 17.3 Å². The summed E-state index contributed by atoms with van der Waals surface area (Å²) in [5.74, 6) is 1.30. The molecule has 3 rings (SSSR count). The van der Waals surface area contributed by atoms with Gasteiger partial charge in [0.25, 0.3) is 5.91 Å². The van der Waals surface area contributed by atoms with E-state index in [0.29, 0.717) is 28.6 Å². The highest BCUT2D eigenvalue weighted by atomic mass is 35.5. The zero-order valence-electron chi connectivity index (χ0n) is 15.6. The van der Waals surface area contributed by atoms with Crippen LogP contribution in [0.1, 0.15) is 55.8 Å². The van der Waals surface area contributed by atoms with Crippen LogP contribution < -0.4 is 5.32 Å². The van der Waals surface area contributed by atoms with Gasteiger partial charge in [-0.05, 0) is 61.1 Å². The molecule has 0 spiro atoms. The number of halogens is 2. The topological polar surface area (TPSA) is 63.2 Å². The highest BCUT2D eigenvalue weighted by molar-refractivity contribution is 7.91. The van der Waals surface area contributed by atoms with E-state index in [4.69, 9.17) is 23.2 Å². The van der Waals surface area contributed by atoms with Gasteiger partial charge in [-0.3, -0.25) is 4.79 Å². The maximum Gasteiger partial charge on any atom is 0.252 e. The lowest BCUT2D eigenvalue weighted by Gasteiger charge is -2.48. The number of nitrogens with one attached hydrogen (secondary N) is 1. The van der Waals surface area contributed by atoms with E-state index in [1.54, 1.807) is 18.2 Å². The third-order valence-corrected chi connectivity index (χ3v) is 8.22. The lowest BCUT2D eigenvalue weighted by molar-refractivity contribution is 0.0475. The van der Waals surface area contributed by atoms with E-state index in [-0.39, 0.29) is 28.7 Å². The van der Waals surface area contributed by atoms with Gasteiger partial charge in [0.15, 0.2) is 9.84 Å². The fourth-order valence-corrected chi connectivity index (χ4v) is 6.63. The van der Waals surface area contributed by atoms with Gasteiger partial charge in [0.2, 0.25) is 0 Å². The molecule has 0 unspecified atom stereocenters. The highest BCUT2D eigenvalue weighted by Gasteiger charge is 2.48. The summed E-state index contributed by atoms with van der Waals surface area (Å²) in [5.41, 5.74) is 0.450. The highest BCUT2D eigenvalue weighted by Crippen LogP contribution is 2.53. The summed E-state index contributed by atoms with van der Waals surface area (Å²) in [5, 5.41) is 3.87. The molecule has 150 valence electrons. The van der Waals surface area contributed by atoms with Crippen molar-refractivity contribution in [1.82, 2.24) is 5.32 Å². The number of benzene rings is 1. The summed E-state index contributed by atoms with van der Waals surface area (Å²) in [7, 11) is -2.96. The molecule has 2 fully saturated rings. The van der Waals surface area contributed by atoms with E-state index < -0.39 is 9.84 Å². The van der Waals surface area contributed by atoms with Gasteiger partial charge >= 0.3 is 0 Å². The van der Waals surface area contributed by atoms with Crippen LogP contribution in [-0.4, -0.2) is 32.4 Å². The molecule has 2 aliphatic rings. The Bertz CT molecular complexity index is 799. The molecular formula is C20H27Cl2NO3S. The maximum atomic E-state index is 12.5. The zero-order chi connectivity index (χ0) is 19.7. The summed E-state index contributed by atoms with van der Waals surface area (Å²) in [6.07, 6.45) is 5.99. The van der Waals surface area contributed by atoms with E-state index in [0.717, 1.165) is 25.2 Å². The van der Waals surface area contributed by atoms with Crippen molar-refractivity contribution in [3.05, 3.63) is 33.8 Å². The Morgan fingerprint density at radius 1 is 1.22 bits per heavy atom. The largest absolute Gasteiger partial charge is 0.351 e. The molecule has 0 saturated heterocycles. The second kappa shape index (κ2) is 8.30. The van der Waals surface area contributed by atoms with Crippen molar-refractivity contribution < 1.29 is 13.2 Å². The Labute approximate surface area is 171 Å². The van der Waals surface area contributed by atoms with Gasteiger partial charge < -0.3 is 5.32 Å². The Morgan fingerprint density at radius 3 is 2.52 bits per heavy atom. The van der Waals surface area contributed by atoms with Crippen molar-refractivity contribution in [1.29, 1.82) is 0 Å². The van der Waals surface area contributed by atoms with Crippen molar-refractivity contribution in [3.63, 3.8) is 0 Å². The summed E-state index contributed by atoms with van der Waals surface area (Å²) in [4.78, 5) is 12.5. The van der Waals surface area contributed by atoms with Crippen LogP contribution in [0, 0.1) is 17.3 Å². The van der Waals surface area contributed by atoms with Crippen molar-refractivity contribution in [3.8, 4) is 0 Å². The van der Waals surface area contributed by atoms with Crippen LogP contribution in [-0.2, 0) is 9.84 Å². The average molecular weight is 432 g/mol. The normalized spacial score (nSPS) is 25.1. The number of rotatable bonds is 9. The molecule has 0 heterocycles. The fourth-order valence-electron chi connectivity index (χ4n) is 4.39. The number of hydrogen-bond donors (Lipinski definition) is 1. The molecule has 0 aromatic heterocycles. The molecule has 2 aliphatic carbocycles. The van der Waals surface area contributed by atoms with E-state index in [9.17, 15) is 13.2 Å². The minimum absolute atomic E-state index is 0.0299. The molecule has 7 heteroatoms.